The molecule has 0 aliphatic heterocycles. The Bertz CT molecular complexity index is 1020. The Hall–Kier alpha value is -3.16. The lowest BCUT2D eigenvalue weighted by molar-refractivity contribution is -0.137. The van der Waals surface area contributed by atoms with Gasteiger partial charge in [0.15, 0.2) is 0 Å². The molecule has 2 aromatic carbocycles. The van der Waals surface area contributed by atoms with Crippen LogP contribution in [-0.4, -0.2) is 22.9 Å². The van der Waals surface area contributed by atoms with Crippen LogP contribution in [0.25, 0.3) is 0 Å². The van der Waals surface area contributed by atoms with Crippen molar-refractivity contribution in [3.05, 3.63) is 92.6 Å². The standard InChI is InChI=1S/C22H19ClN2O4S/c23-17-9-7-15(8-10-17)18(12-20(26)27)25-21(28)16-5-3-14(4-6-16)13-24-22(29)19-2-1-11-30-19/h1-11,18H,12-13H2,(H,24,29)(H,25,28)(H,26,27). The molecule has 0 fully saturated rings. The van der Waals surface area contributed by atoms with E-state index in [0.29, 0.717) is 27.6 Å². The zero-order chi connectivity index (χ0) is 21.5. The number of aliphatic carboxylic acids is 1. The van der Waals surface area contributed by atoms with Crippen LogP contribution in [0.3, 0.4) is 0 Å². The fraction of sp³-hybridized carbons (Fsp3) is 0.136. The molecule has 0 saturated carbocycles. The summed E-state index contributed by atoms with van der Waals surface area (Å²) >= 11 is 7.25. The summed E-state index contributed by atoms with van der Waals surface area (Å²) in [5.41, 5.74) is 1.90. The molecular formula is C22H19ClN2O4S. The van der Waals surface area contributed by atoms with Crippen molar-refractivity contribution in [3.8, 4) is 0 Å². The zero-order valence-electron chi connectivity index (χ0n) is 15.8. The third kappa shape index (κ3) is 5.92. The first-order chi connectivity index (χ1) is 14.4. The summed E-state index contributed by atoms with van der Waals surface area (Å²) in [5, 5.41) is 17.1. The van der Waals surface area contributed by atoms with Crippen molar-refractivity contribution in [1.29, 1.82) is 0 Å². The van der Waals surface area contributed by atoms with E-state index >= 15 is 0 Å². The molecule has 3 rings (SSSR count). The number of amides is 2. The minimum absolute atomic E-state index is 0.147. The molecule has 0 radical (unpaired) electrons. The van der Waals surface area contributed by atoms with Gasteiger partial charge in [-0.3, -0.25) is 14.4 Å². The Balaban J connectivity index is 1.62. The van der Waals surface area contributed by atoms with Gasteiger partial charge in [-0.15, -0.1) is 11.3 Å². The van der Waals surface area contributed by atoms with E-state index in [2.05, 4.69) is 10.6 Å². The number of nitrogens with one attached hydrogen (secondary N) is 2. The van der Waals surface area contributed by atoms with Crippen molar-refractivity contribution in [2.24, 2.45) is 0 Å². The van der Waals surface area contributed by atoms with Gasteiger partial charge >= 0.3 is 5.97 Å². The molecule has 3 aromatic rings. The van der Waals surface area contributed by atoms with Gasteiger partial charge in [-0.05, 0) is 46.8 Å². The van der Waals surface area contributed by atoms with Crippen LogP contribution in [-0.2, 0) is 11.3 Å². The van der Waals surface area contributed by atoms with Gasteiger partial charge in [0.05, 0.1) is 17.3 Å². The fourth-order valence-electron chi connectivity index (χ4n) is 2.81. The number of carbonyl (C=O) groups is 3. The lowest BCUT2D eigenvalue weighted by Gasteiger charge is -2.18. The molecule has 0 bridgehead atoms. The smallest absolute Gasteiger partial charge is 0.305 e. The van der Waals surface area contributed by atoms with E-state index in [1.807, 2.05) is 11.4 Å². The number of rotatable bonds is 8. The predicted octanol–water partition coefficient (Wildman–Crippen LogP) is 4.28. The van der Waals surface area contributed by atoms with Gasteiger partial charge in [0, 0.05) is 17.1 Å². The van der Waals surface area contributed by atoms with Gasteiger partial charge in [0.1, 0.15) is 0 Å². The lowest BCUT2D eigenvalue weighted by atomic mass is 10.0. The van der Waals surface area contributed by atoms with Crippen LogP contribution in [0, 0.1) is 0 Å². The van der Waals surface area contributed by atoms with E-state index in [1.165, 1.54) is 11.3 Å². The Kier molecular flexibility index (Phi) is 7.21. The van der Waals surface area contributed by atoms with Crippen LogP contribution < -0.4 is 10.6 Å². The molecule has 1 aromatic heterocycles. The second-order valence-corrected chi connectivity index (χ2v) is 7.92. The predicted molar refractivity (Wildman–Crippen MR) is 116 cm³/mol. The number of thiophene rings is 1. The highest BCUT2D eigenvalue weighted by atomic mass is 35.5. The second kappa shape index (κ2) is 10.0. The fourth-order valence-corrected chi connectivity index (χ4v) is 3.58. The normalized spacial score (nSPS) is 11.5. The number of carboxylic acid groups (broad SMARTS) is 1. The molecule has 8 heteroatoms. The first kappa shape index (κ1) is 21.5. The number of benzene rings is 2. The minimum atomic E-state index is -1.02. The molecule has 1 atom stereocenters. The molecule has 1 unspecified atom stereocenters. The maximum atomic E-state index is 12.6. The largest absolute Gasteiger partial charge is 0.481 e. The molecular weight excluding hydrogens is 424 g/mol. The molecule has 1 heterocycles. The zero-order valence-corrected chi connectivity index (χ0v) is 17.4. The quantitative estimate of drug-likeness (QED) is 0.485. The van der Waals surface area contributed by atoms with Crippen LogP contribution in [0.1, 0.15) is 43.6 Å². The second-order valence-electron chi connectivity index (χ2n) is 6.53. The number of carbonyl (C=O) groups excluding carboxylic acids is 2. The van der Waals surface area contributed by atoms with Gasteiger partial charge < -0.3 is 15.7 Å². The summed E-state index contributed by atoms with van der Waals surface area (Å²) in [7, 11) is 0. The lowest BCUT2D eigenvalue weighted by Crippen LogP contribution is -2.30. The van der Waals surface area contributed by atoms with E-state index in [-0.39, 0.29) is 18.2 Å². The summed E-state index contributed by atoms with van der Waals surface area (Å²) in [6.45, 7) is 0.338. The SMILES string of the molecule is O=C(O)CC(NC(=O)c1ccc(CNC(=O)c2cccs2)cc1)c1ccc(Cl)cc1. The van der Waals surface area contributed by atoms with Gasteiger partial charge in [-0.25, -0.2) is 0 Å². The van der Waals surface area contributed by atoms with Crippen molar-refractivity contribution in [2.45, 2.75) is 19.0 Å². The topological polar surface area (TPSA) is 95.5 Å². The molecule has 2 amide bonds. The van der Waals surface area contributed by atoms with Crippen LogP contribution >= 0.6 is 22.9 Å². The molecule has 0 aliphatic carbocycles. The number of hydrogen-bond donors (Lipinski definition) is 3. The monoisotopic (exact) mass is 442 g/mol. The van der Waals surface area contributed by atoms with Crippen molar-refractivity contribution < 1.29 is 19.5 Å². The summed E-state index contributed by atoms with van der Waals surface area (Å²) in [5.74, 6) is -1.55. The van der Waals surface area contributed by atoms with Gasteiger partial charge in [0.2, 0.25) is 0 Å². The first-order valence-corrected chi connectivity index (χ1v) is 10.4. The summed E-state index contributed by atoms with van der Waals surface area (Å²) in [6.07, 6.45) is -0.250. The highest BCUT2D eigenvalue weighted by molar-refractivity contribution is 7.12. The Morgan fingerprint density at radius 1 is 0.967 bits per heavy atom. The molecule has 6 nitrogen and oxygen atoms in total. The average molecular weight is 443 g/mol. The first-order valence-electron chi connectivity index (χ1n) is 9.11. The Labute approximate surface area is 182 Å². The van der Waals surface area contributed by atoms with E-state index in [1.54, 1.807) is 54.6 Å². The molecule has 30 heavy (non-hydrogen) atoms. The molecule has 0 aliphatic rings. The summed E-state index contributed by atoms with van der Waals surface area (Å²) < 4.78 is 0. The Morgan fingerprint density at radius 3 is 2.27 bits per heavy atom. The number of carboxylic acids is 1. The van der Waals surface area contributed by atoms with Crippen LogP contribution in [0.4, 0.5) is 0 Å². The average Bonchev–Trinajstić information content (AvgIpc) is 3.27. The van der Waals surface area contributed by atoms with Crippen molar-refractivity contribution in [3.63, 3.8) is 0 Å². The van der Waals surface area contributed by atoms with Crippen molar-refractivity contribution in [2.75, 3.05) is 0 Å². The molecule has 154 valence electrons. The third-order valence-electron chi connectivity index (χ3n) is 4.37. The molecule has 0 saturated heterocycles. The van der Waals surface area contributed by atoms with E-state index in [0.717, 1.165) is 5.56 Å². The van der Waals surface area contributed by atoms with E-state index in [4.69, 9.17) is 11.6 Å². The maximum Gasteiger partial charge on any atom is 0.305 e. The maximum absolute atomic E-state index is 12.6. The van der Waals surface area contributed by atoms with Crippen molar-refractivity contribution in [1.82, 2.24) is 10.6 Å². The van der Waals surface area contributed by atoms with Gasteiger partial charge in [-0.2, -0.15) is 0 Å². The van der Waals surface area contributed by atoms with Crippen LogP contribution in [0.5, 0.6) is 0 Å². The van der Waals surface area contributed by atoms with Crippen molar-refractivity contribution >= 4 is 40.7 Å². The molecule has 3 N–H and O–H groups in total. The highest BCUT2D eigenvalue weighted by Crippen LogP contribution is 2.20. The summed E-state index contributed by atoms with van der Waals surface area (Å²) in [6, 6.07) is 16.3. The summed E-state index contributed by atoms with van der Waals surface area (Å²) in [4.78, 5) is 36.5. The number of hydrogen-bond acceptors (Lipinski definition) is 4. The highest BCUT2D eigenvalue weighted by Gasteiger charge is 2.19. The Morgan fingerprint density at radius 2 is 1.67 bits per heavy atom. The third-order valence-corrected chi connectivity index (χ3v) is 5.49. The van der Waals surface area contributed by atoms with E-state index in [9.17, 15) is 19.5 Å². The van der Waals surface area contributed by atoms with Crippen LogP contribution in [0.2, 0.25) is 5.02 Å². The van der Waals surface area contributed by atoms with Gasteiger partial charge in [0.25, 0.3) is 11.8 Å². The number of halogens is 1. The van der Waals surface area contributed by atoms with Gasteiger partial charge in [-0.1, -0.05) is 41.9 Å². The minimum Gasteiger partial charge on any atom is -0.481 e. The molecule has 0 spiro atoms. The van der Waals surface area contributed by atoms with Crippen LogP contribution in [0.15, 0.2) is 66.0 Å². The van der Waals surface area contributed by atoms with E-state index < -0.39 is 12.0 Å².